The largest absolute Gasteiger partial charge is 0.496 e. The van der Waals surface area contributed by atoms with Gasteiger partial charge in [-0.1, -0.05) is 14.4 Å². The van der Waals surface area contributed by atoms with Gasteiger partial charge >= 0.3 is 0 Å². The van der Waals surface area contributed by atoms with Crippen LogP contribution in [0.25, 0.3) is 0 Å². The topological polar surface area (TPSA) is 286 Å². The summed E-state index contributed by atoms with van der Waals surface area (Å²) in [5.41, 5.74) is 14.7. The lowest BCUT2D eigenvalue weighted by Gasteiger charge is -2.30. The number of ether oxygens (including phenoxy) is 2. The Morgan fingerprint density at radius 2 is 1.13 bits per heavy atom. The van der Waals surface area contributed by atoms with Crippen LogP contribution in [0.5, 0.6) is 11.5 Å². The Kier molecular flexibility index (Phi) is 19.5. The number of sulfonamides is 2. The summed E-state index contributed by atoms with van der Waals surface area (Å²) in [5, 5.41) is 2.91. The molecule has 0 aliphatic carbocycles. The van der Waals surface area contributed by atoms with Gasteiger partial charge in [0.1, 0.15) is 34.3 Å². The van der Waals surface area contributed by atoms with Gasteiger partial charge in [0.25, 0.3) is 0 Å². The average Bonchev–Trinajstić information content (AvgIpc) is 3.26. The molecule has 2 aromatic carbocycles. The molecule has 0 spiro atoms. The van der Waals surface area contributed by atoms with Gasteiger partial charge in [0, 0.05) is 68.5 Å². The summed E-state index contributed by atoms with van der Waals surface area (Å²) in [6, 6.07) is 1.17. The van der Waals surface area contributed by atoms with E-state index in [9.17, 15) is 57.0 Å². The summed E-state index contributed by atoms with van der Waals surface area (Å²) >= 11 is 0. The van der Waals surface area contributed by atoms with E-state index in [1.165, 1.54) is 14.9 Å². The molecule has 2 aromatic heterocycles. The van der Waals surface area contributed by atoms with E-state index in [-0.39, 0.29) is 59.1 Å². The minimum atomic E-state index is -3.26. The standard InChI is InChI=1S/C18H20F3N5O4S.C14H12F3N3O3S.C6H14N2O2S.CH4/c1-30-12-7-11(19)14(20)15(21)13(12)16(27)10-8-23-18(25-17(10)22)24-9-3-5-26(6-4-9)31(2,28)29;1-3-24(22)14-19-5-6(13(18)20-14)12(21)9-8(23-2)4-7(15)10(16)11(9)17;1-11(9,10)8-4-2-6(7)3-5-8;/h7-9H,3-6H2,1-2H3,(H3,22,23,24,25);4-5H,3H2,1-2H3,(H2,18,19,20);6H,2-5,7H2,1H3;1H4. The monoisotopic (exact) mass is 1010 g/mol. The number of anilines is 3. The molecule has 2 fully saturated rings. The molecule has 1 atom stereocenters. The van der Waals surface area contributed by atoms with E-state index in [0.717, 1.165) is 45.7 Å². The summed E-state index contributed by atoms with van der Waals surface area (Å²) in [6.45, 7) is 3.46. The molecule has 67 heavy (non-hydrogen) atoms. The first-order chi connectivity index (χ1) is 30.8. The number of aromatic nitrogens is 4. The molecule has 1 unspecified atom stereocenters. The van der Waals surface area contributed by atoms with Crippen molar-refractivity contribution >= 4 is 60.0 Å². The van der Waals surface area contributed by atoms with Crippen molar-refractivity contribution in [3.05, 3.63) is 81.7 Å². The Hall–Kier alpha value is -5.55. The molecule has 2 aliphatic heterocycles. The fraction of sp³-hybridized carbons (Fsp3) is 0.436. The van der Waals surface area contributed by atoms with Crippen LogP contribution in [0.2, 0.25) is 0 Å². The Morgan fingerprint density at radius 1 is 0.731 bits per heavy atom. The van der Waals surface area contributed by atoms with Crippen molar-refractivity contribution in [1.29, 1.82) is 0 Å². The number of halogens is 6. The summed E-state index contributed by atoms with van der Waals surface area (Å²) in [7, 11) is -5.60. The number of benzene rings is 2. The van der Waals surface area contributed by atoms with Gasteiger partial charge in [-0.25, -0.2) is 66.7 Å². The second-order valence-corrected chi connectivity index (χ2v) is 20.0. The molecular formula is C39H50F6N10O9S3. The number of rotatable bonds is 12. The van der Waals surface area contributed by atoms with Gasteiger partial charge in [-0.05, 0) is 25.7 Å². The number of carbonyl (C=O) groups is 2. The van der Waals surface area contributed by atoms with Crippen LogP contribution in [0.3, 0.4) is 0 Å². The molecule has 6 rings (SSSR count). The fourth-order valence-corrected chi connectivity index (χ4v) is 8.69. The molecule has 28 heteroatoms. The van der Waals surface area contributed by atoms with Crippen molar-refractivity contribution in [1.82, 2.24) is 28.5 Å². The molecule has 0 amide bonds. The maximum atomic E-state index is 14.2. The number of nitrogen functional groups attached to an aromatic ring is 2. The molecule has 0 bridgehead atoms. The third-order valence-electron chi connectivity index (χ3n) is 9.94. The van der Waals surface area contributed by atoms with E-state index in [0.29, 0.717) is 51.2 Å². The number of nitrogens with one attached hydrogen (secondary N) is 1. The third kappa shape index (κ3) is 13.8. The lowest BCUT2D eigenvalue weighted by molar-refractivity contribution is 0.102. The molecule has 370 valence electrons. The van der Waals surface area contributed by atoms with Gasteiger partial charge in [0.15, 0.2) is 34.9 Å². The van der Waals surface area contributed by atoms with Gasteiger partial charge in [0.2, 0.25) is 42.7 Å². The molecule has 19 nitrogen and oxygen atoms in total. The van der Waals surface area contributed by atoms with Crippen molar-refractivity contribution < 1.29 is 66.4 Å². The highest BCUT2D eigenvalue weighted by Crippen LogP contribution is 2.31. The van der Waals surface area contributed by atoms with E-state index in [1.54, 1.807) is 6.92 Å². The van der Waals surface area contributed by atoms with Crippen molar-refractivity contribution in [2.24, 2.45) is 5.73 Å². The first kappa shape index (κ1) is 55.8. The molecule has 0 radical (unpaired) electrons. The second kappa shape index (κ2) is 23.5. The smallest absolute Gasteiger partial charge is 0.224 e. The lowest BCUT2D eigenvalue weighted by atomic mass is 10.0. The fourth-order valence-electron chi connectivity index (χ4n) is 6.31. The van der Waals surface area contributed by atoms with Crippen LogP contribution < -0.4 is 32.0 Å². The van der Waals surface area contributed by atoms with Crippen molar-refractivity contribution in [2.75, 3.05) is 75.4 Å². The van der Waals surface area contributed by atoms with Crippen molar-refractivity contribution in [3.8, 4) is 11.5 Å². The number of nitrogens with two attached hydrogens (primary N) is 3. The first-order valence-electron chi connectivity index (χ1n) is 19.4. The predicted octanol–water partition coefficient (Wildman–Crippen LogP) is 3.40. The van der Waals surface area contributed by atoms with Crippen molar-refractivity contribution in [3.63, 3.8) is 0 Å². The molecule has 4 aromatic rings. The zero-order chi connectivity index (χ0) is 49.4. The Morgan fingerprint density at radius 3 is 1.51 bits per heavy atom. The van der Waals surface area contributed by atoms with Gasteiger partial charge < -0.3 is 32.0 Å². The van der Waals surface area contributed by atoms with Crippen LogP contribution >= 0.6 is 0 Å². The van der Waals surface area contributed by atoms with E-state index < -0.39 is 99.9 Å². The molecular weight excluding hydrogens is 963 g/mol. The number of ketones is 2. The quantitative estimate of drug-likeness (QED) is 0.0685. The van der Waals surface area contributed by atoms with Crippen LogP contribution in [0, 0.1) is 34.9 Å². The summed E-state index contributed by atoms with van der Waals surface area (Å²) in [4.78, 5) is 40.6. The van der Waals surface area contributed by atoms with Gasteiger partial charge in [-0.3, -0.25) is 13.8 Å². The second-order valence-electron chi connectivity index (χ2n) is 14.4. The number of piperidine rings is 2. The van der Waals surface area contributed by atoms with E-state index >= 15 is 0 Å². The SMILES string of the molecule is C.CCS(=O)c1ncc(C(=O)c2c(OC)cc(F)c(F)c2F)c(N)n1.COc1cc(F)c(F)c(F)c1C(=O)c1cnc(NC2CCN(S(C)(=O)=O)CC2)nc1N.CS(=O)(=O)N1CCC(N)CC1. The minimum Gasteiger partial charge on any atom is -0.496 e. The van der Waals surface area contributed by atoms with Gasteiger partial charge in [0.05, 0.1) is 48.7 Å². The molecule has 7 N–H and O–H groups in total. The normalized spacial score (nSPS) is 15.5. The van der Waals surface area contributed by atoms with Gasteiger partial charge in [-0.2, -0.15) is 4.98 Å². The van der Waals surface area contributed by atoms with Crippen LogP contribution in [-0.2, 0) is 30.8 Å². The summed E-state index contributed by atoms with van der Waals surface area (Å²) in [5.74, 6) is -13.6. The Labute approximate surface area is 385 Å². The first-order valence-corrected chi connectivity index (χ1v) is 24.4. The zero-order valence-corrected chi connectivity index (χ0v) is 38.4. The van der Waals surface area contributed by atoms with Crippen LogP contribution in [-0.4, -0.2) is 132 Å². The number of hydrogen-bond acceptors (Lipinski definition) is 17. The summed E-state index contributed by atoms with van der Waals surface area (Å²) in [6.07, 6.45) is 6.96. The number of hydrogen-bond donors (Lipinski definition) is 4. The summed E-state index contributed by atoms with van der Waals surface area (Å²) < 4.78 is 151. The maximum absolute atomic E-state index is 14.2. The minimum absolute atomic E-state index is 0. The average molecular weight is 1010 g/mol. The zero-order valence-electron chi connectivity index (χ0n) is 35.9. The molecule has 0 saturated carbocycles. The highest BCUT2D eigenvalue weighted by atomic mass is 32.2. The number of nitrogens with zero attached hydrogens (tertiary/aromatic N) is 6. The van der Waals surface area contributed by atoms with Crippen LogP contribution in [0.15, 0.2) is 29.7 Å². The molecule has 4 heterocycles. The number of methoxy groups -OCH3 is 2. The highest BCUT2D eigenvalue weighted by molar-refractivity contribution is 7.88. The van der Waals surface area contributed by atoms with Gasteiger partial charge in [-0.15, -0.1) is 0 Å². The van der Waals surface area contributed by atoms with Crippen LogP contribution in [0.1, 0.15) is 71.9 Å². The van der Waals surface area contributed by atoms with Crippen molar-refractivity contribution in [2.45, 2.75) is 57.3 Å². The Balaban J connectivity index is 0.000000292. The Bertz CT molecular complexity index is 2710. The predicted molar refractivity (Wildman–Crippen MR) is 236 cm³/mol. The number of carbonyl (C=O) groups excluding carboxylic acids is 2. The molecule has 2 saturated heterocycles. The van der Waals surface area contributed by atoms with E-state index in [2.05, 4.69) is 25.3 Å². The lowest BCUT2D eigenvalue weighted by Crippen LogP contribution is -2.42. The van der Waals surface area contributed by atoms with E-state index in [1.807, 2.05) is 0 Å². The maximum Gasteiger partial charge on any atom is 0.224 e. The highest BCUT2D eigenvalue weighted by Gasteiger charge is 2.30. The van der Waals surface area contributed by atoms with E-state index in [4.69, 9.17) is 26.7 Å². The molecule has 2 aliphatic rings. The van der Waals surface area contributed by atoms with Crippen LogP contribution in [0.4, 0.5) is 43.9 Å². The third-order valence-corrected chi connectivity index (χ3v) is 13.7.